The first kappa shape index (κ1) is 25.2. The van der Waals surface area contributed by atoms with Gasteiger partial charge in [-0.1, -0.05) is 36.4 Å². The number of carbonyl (C=O) groups excluding carboxylic acids is 1. The number of nitrogens with one attached hydrogen (secondary N) is 1. The highest BCUT2D eigenvalue weighted by atomic mass is 32.2. The zero-order valence-electron chi connectivity index (χ0n) is 20.8. The van der Waals surface area contributed by atoms with Crippen LogP contribution in [-0.2, 0) is 17.6 Å². The van der Waals surface area contributed by atoms with E-state index in [0.717, 1.165) is 58.3 Å². The van der Waals surface area contributed by atoms with E-state index in [9.17, 15) is 14.7 Å². The Bertz CT molecular complexity index is 1540. The van der Waals surface area contributed by atoms with Crippen LogP contribution in [0, 0.1) is 6.92 Å². The molecular weight excluding hydrogens is 504 g/mol. The molecule has 37 heavy (non-hydrogen) atoms. The predicted octanol–water partition coefficient (Wildman–Crippen LogP) is 5.36. The summed E-state index contributed by atoms with van der Waals surface area (Å²) in [6.45, 7) is 3.96. The van der Waals surface area contributed by atoms with E-state index in [1.807, 2.05) is 38.1 Å². The highest BCUT2D eigenvalue weighted by molar-refractivity contribution is 7.99. The number of amides is 1. The van der Waals surface area contributed by atoms with Gasteiger partial charge in [-0.25, -0.2) is 10.4 Å². The lowest BCUT2D eigenvalue weighted by Gasteiger charge is -2.13. The maximum absolute atomic E-state index is 13.8. The van der Waals surface area contributed by atoms with Crippen LogP contribution in [-0.4, -0.2) is 32.0 Å². The lowest BCUT2D eigenvalue weighted by Crippen LogP contribution is -2.25. The molecule has 1 amide bonds. The number of aromatic nitrogens is 2. The molecule has 2 aromatic heterocycles. The SMILES string of the molecule is CC/C(=N\NC(=O)CSc1nc2sc3c(c2c(=O)n1-c1ccc(C)cc1)CCCC3)c1ccc(O)cc1. The first-order valence-electron chi connectivity index (χ1n) is 12.4. The van der Waals surface area contributed by atoms with Crippen LogP contribution in [0.5, 0.6) is 5.75 Å². The van der Waals surface area contributed by atoms with Gasteiger partial charge in [0, 0.05) is 4.88 Å². The van der Waals surface area contributed by atoms with Gasteiger partial charge in [0.2, 0.25) is 0 Å². The lowest BCUT2D eigenvalue weighted by molar-refractivity contribution is -0.118. The van der Waals surface area contributed by atoms with E-state index in [2.05, 4.69) is 10.5 Å². The summed E-state index contributed by atoms with van der Waals surface area (Å²) >= 11 is 2.84. The molecule has 0 saturated carbocycles. The van der Waals surface area contributed by atoms with Gasteiger partial charge in [-0.15, -0.1) is 11.3 Å². The molecule has 7 nitrogen and oxygen atoms in total. The number of benzene rings is 2. The van der Waals surface area contributed by atoms with Crippen LogP contribution in [0.3, 0.4) is 0 Å². The zero-order valence-corrected chi connectivity index (χ0v) is 22.4. The maximum Gasteiger partial charge on any atom is 0.267 e. The summed E-state index contributed by atoms with van der Waals surface area (Å²) in [5.41, 5.74) is 7.08. The third kappa shape index (κ3) is 5.33. The third-order valence-electron chi connectivity index (χ3n) is 6.43. The van der Waals surface area contributed by atoms with Crippen LogP contribution in [0.15, 0.2) is 63.6 Å². The molecule has 0 bridgehead atoms. The zero-order chi connectivity index (χ0) is 25.9. The second-order valence-corrected chi connectivity index (χ2v) is 11.1. The lowest BCUT2D eigenvalue weighted by atomic mass is 9.97. The number of aryl methyl sites for hydroxylation is 3. The standard InChI is InChI=1S/C28H28N4O3S2/c1-3-22(18-10-14-20(33)15-11-18)30-31-24(34)16-36-28-29-26-25(21-6-4-5-7-23(21)37-26)27(35)32(28)19-12-8-17(2)9-13-19/h8-15,33H,3-7,16H2,1-2H3,(H,31,34)/b30-22+. The van der Waals surface area contributed by atoms with Crippen molar-refractivity contribution in [1.29, 1.82) is 0 Å². The third-order valence-corrected chi connectivity index (χ3v) is 8.56. The molecule has 4 aromatic rings. The first-order chi connectivity index (χ1) is 17.9. The van der Waals surface area contributed by atoms with Crippen molar-refractivity contribution in [2.45, 2.75) is 51.1 Å². The Labute approximate surface area is 223 Å². The monoisotopic (exact) mass is 532 g/mol. The van der Waals surface area contributed by atoms with Crippen molar-refractivity contribution in [2.24, 2.45) is 5.10 Å². The quantitative estimate of drug-likeness (QED) is 0.145. The summed E-state index contributed by atoms with van der Waals surface area (Å²) in [5, 5.41) is 15.0. The molecule has 2 heterocycles. The van der Waals surface area contributed by atoms with Gasteiger partial charge in [0.1, 0.15) is 10.6 Å². The number of nitrogens with zero attached hydrogens (tertiary/aromatic N) is 3. The Morgan fingerprint density at radius 3 is 2.59 bits per heavy atom. The highest BCUT2D eigenvalue weighted by Gasteiger charge is 2.23. The van der Waals surface area contributed by atoms with Gasteiger partial charge in [-0.3, -0.25) is 14.2 Å². The summed E-state index contributed by atoms with van der Waals surface area (Å²) in [4.78, 5) is 33.5. The van der Waals surface area contributed by atoms with E-state index in [-0.39, 0.29) is 23.0 Å². The van der Waals surface area contributed by atoms with E-state index in [4.69, 9.17) is 4.98 Å². The van der Waals surface area contributed by atoms with E-state index in [1.165, 1.54) is 16.6 Å². The van der Waals surface area contributed by atoms with Gasteiger partial charge in [0.05, 0.1) is 22.5 Å². The number of rotatable bonds is 7. The molecule has 2 aromatic carbocycles. The number of fused-ring (bicyclic) bond motifs is 3. The predicted molar refractivity (Wildman–Crippen MR) is 150 cm³/mol. The molecule has 0 saturated heterocycles. The Morgan fingerprint density at radius 2 is 1.86 bits per heavy atom. The van der Waals surface area contributed by atoms with Gasteiger partial charge in [0.15, 0.2) is 5.16 Å². The van der Waals surface area contributed by atoms with Crippen molar-refractivity contribution in [3.8, 4) is 11.4 Å². The molecule has 0 unspecified atom stereocenters. The smallest absolute Gasteiger partial charge is 0.267 e. The van der Waals surface area contributed by atoms with Gasteiger partial charge < -0.3 is 5.11 Å². The molecule has 0 aliphatic heterocycles. The number of thiophene rings is 1. The molecule has 0 spiro atoms. The number of hydrogen-bond donors (Lipinski definition) is 2. The molecule has 9 heteroatoms. The van der Waals surface area contributed by atoms with E-state index in [1.54, 1.807) is 40.2 Å². The van der Waals surface area contributed by atoms with Crippen molar-refractivity contribution in [3.63, 3.8) is 0 Å². The Kier molecular flexibility index (Phi) is 7.43. The Hall–Kier alpha value is -3.43. The fourth-order valence-electron chi connectivity index (χ4n) is 4.50. The van der Waals surface area contributed by atoms with Crippen molar-refractivity contribution >= 4 is 44.9 Å². The Balaban J connectivity index is 1.44. The van der Waals surface area contributed by atoms with Crippen molar-refractivity contribution in [1.82, 2.24) is 15.0 Å². The average molecular weight is 533 g/mol. The van der Waals surface area contributed by atoms with E-state index in [0.29, 0.717) is 17.3 Å². The first-order valence-corrected chi connectivity index (χ1v) is 14.2. The molecule has 190 valence electrons. The summed E-state index contributed by atoms with van der Waals surface area (Å²) in [7, 11) is 0. The van der Waals surface area contributed by atoms with Crippen molar-refractivity contribution in [2.75, 3.05) is 5.75 Å². The normalized spacial score (nSPS) is 13.5. The van der Waals surface area contributed by atoms with E-state index < -0.39 is 0 Å². The van der Waals surface area contributed by atoms with Crippen LogP contribution in [0.2, 0.25) is 0 Å². The molecule has 0 radical (unpaired) electrons. The topological polar surface area (TPSA) is 96.6 Å². The van der Waals surface area contributed by atoms with Crippen molar-refractivity contribution in [3.05, 3.63) is 80.5 Å². The maximum atomic E-state index is 13.8. The number of phenolic OH excluding ortho intramolecular Hbond substituents is 1. The number of hydrogen-bond acceptors (Lipinski definition) is 7. The number of phenols is 1. The molecule has 0 atom stereocenters. The summed E-state index contributed by atoms with van der Waals surface area (Å²) in [6.07, 6.45) is 4.74. The number of aromatic hydroxyl groups is 1. The second-order valence-electron chi connectivity index (χ2n) is 9.04. The van der Waals surface area contributed by atoms with E-state index >= 15 is 0 Å². The molecule has 5 rings (SSSR count). The highest BCUT2D eigenvalue weighted by Crippen LogP contribution is 2.35. The van der Waals surface area contributed by atoms with Gasteiger partial charge >= 0.3 is 0 Å². The number of hydrazone groups is 1. The van der Waals surface area contributed by atoms with Crippen molar-refractivity contribution < 1.29 is 9.90 Å². The molecular formula is C28H28N4O3S2. The summed E-state index contributed by atoms with van der Waals surface area (Å²) in [6, 6.07) is 14.5. The minimum Gasteiger partial charge on any atom is -0.508 e. The molecule has 1 aliphatic carbocycles. The minimum atomic E-state index is -0.287. The van der Waals surface area contributed by atoms with Gasteiger partial charge in [0.25, 0.3) is 11.5 Å². The molecule has 0 fully saturated rings. The minimum absolute atomic E-state index is 0.0605. The van der Waals surface area contributed by atoms with Crippen LogP contribution in [0.1, 0.15) is 47.8 Å². The fourth-order valence-corrected chi connectivity index (χ4v) is 6.61. The largest absolute Gasteiger partial charge is 0.508 e. The van der Waals surface area contributed by atoms with Crippen LogP contribution in [0.25, 0.3) is 15.9 Å². The number of carbonyl (C=O) groups is 1. The molecule has 2 N–H and O–H groups in total. The van der Waals surface area contributed by atoms with Crippen LogP contribution in [0.4, 0.5) is 0 Å². The Morgan fingerprint density at radius 1 is 1.14 bits per heavy atom. The average Bonchev–Trinajstić information content (AvgIpc) is 3.28. The second kappa shape index (κ2) is 10.9. The summed E-state index contributed by atoms with van der Waals surface area (Å²) in [5.74, 6) is -0.0503. The molecule has 1 aliphatic rings. The fraction of sp³-hybridized carbons (Fsp3) is 0.286. The van der Waals surface area contributed by atoms with Crippen LogP contribution < -0.4 is 11.0 Å². The van der Waals surface area contributed by atoms with Crippen LogP contribution >= 0.6 is 23.1 Å². The number of thioether (sulfide) groups is 1. The van der Waals surface area contributed by atoms with Gasteiger partial charge in [-0.05, 0) is 86.6 Å². The van der Waals surface area contributed by atoms with Gasteiger partial charge in [-0.2, -0.15) is 5.10 Å². The summed E-state index contributed by atoms with van der Waals surface area (Å²) < 4.78 is 1.64.